The molecular formula is C10H14N2O3. The number of anilines is 1. The summed E-state index contributed by atoms with van der Waals surface area (Å²) in [4.78, 5) is 10.5. The number of carbonyl (C=O) groups is 1. The number of nitrogens with two attached hydrogens (primary N) is 2. The number of benzene rings is 1. The maximum atomic E-state index is 10.5. The highest BCUT2D eigenvalue weighted by molar-refractivity contribution is 5.73. The topological polar surface area (TPSA) is 110 Å². The molecule has 0 spiro atoms. The van der Waals surface area contributed by atoms with Gasteiger partial charge in [0.1, 0.15) is 6.04 Å². The van der Waals surface area contributed by atoms with Crippen molar-refractivity contribution in [3.05, 3.63) is 29.8 Å². The Bertz CT molecular complexity index is 354. The van der Waals surface area contributed by atoms with E-state index in [2.05, 4.69) is 0 Å². The molecule has 0 aromatic heterocycles. The molecule has 0 fully saturated rings. The molecule has 0 aliphatic carbocycles. The molecule has 6 N–H and O–H groups in total. The Morgan fingerprint density at radius 3 is 2.53 bits per heavy atom. The number of para-hydroxylation sites is 1. The van der Waals surface area contributed by atoms with Gasteiger partial charge in [-0.2, -0.15) is 0 Å². The van der Waals surface area contributed by atoms with Crippen molar-refractivity contribution in [3.63, 3.8) is 0 Å². The number of aliphatic carboxylic acids is 1. The number of rotatable bonds is 4. The minimum absolute atomic E-state index is 0.0520. The van der Waals surface area contributed by atoms with Crippen LogP contribution in [0.5, 0.6) is 0 Å². The van der Waals surface area contributed by atoms with Gasteiger partial charge in [-0.25, -0.2) is 0 Å². The number of nitrogen functional groups attached to an aromatic ring is 1. The SMILES string of the molecule is Nc1ccccc1C(O)CC(N)C(=O)O. The number of carboxylic acid groups (broad SMARTS) is 1. The van der Waals surface area contributed by atoms with E-state index in [0.29, 0.717) is 11.3 Å². The van der Waals surface area contributed by atoms with Crippen molar-refractivity contribution in [3.8, 4) is 0 Å². The highest BCUT2D eigenvalue weighted by atomic mass is 16.4. The van der Waals surface area contributed by atoms with Gasteiger partial charge in [0, 0.05) is 17.7 Å². The van der Waals surface area contributed by atoms with Crippen molar-refractivity contribution in [1.82, 2.24) is 0 Å². The van der Waals surface area contributed by atoms with Crippen LogP contribution in [0.4, 0.5) is 5.69 Å². The number of aliphatic hydroxyl groups excluding tert-OH is 1. The monoisotopic (exact) mass is 210 g/mol. The third-order valence-electron chi connectivity index (χ3n) is 2.15. The Morgan fingerprint density at radius 2 is 2.00 bits per heavy atom. The van der Waals surface area contributed by atoms with Gasteiger partial charge < -0.3 is 21.7 Å². The van der Waals surface area contributed by atoms with Crippen LogP contribution >= 0.6 is 0 Å². The molecule has 5 heteroatoms. The van der Waals surface area contributed by atoms with Crippen LogP contribution < -0.4 is 11.5 Å². The number of hydrogen-bond donors (Lipinski definition) is 4. The fourth-order valence-electron chi connectivity index (χ4n) is 1.28. The van der Waals surface area contributed by atoms with Gasteiger partial charge >= 0.3 is 5.97 Å². The smallest absolute Gasteiger partial charge is 0.320 e. The third-order valence-corrected chi connectivity index (χ3v) is 2.15. The lowest BCUT2D eigenvalue weighted by Gasteiger charge is -2.15. The van der Waals surface area contributed by atoms with Crippen LogP contribution in [-0.2, 0) is 4.79 Å². The first-order chi connectivity index (χ1) is 7.02. The molecule has 0 bridgehead atoms. The van der Waals surface area contributed by atoms with E-state index in [1.807, 2.05) is 0 Å². The summed E-state index contributed by atoms with van der Waals surface area (Å²) >= 11 is 0. The minimum atomic E-state index is -1.14. The van der Waals surface area contributed by atoms with E-state index < -0.39 is 18.1 Å². The second-order valence-electron chi connectivity index (χ2n) is 3.33. The van der Waals surface area contributed by atoms with Crippen molar-refractivity contribution in [2.45, 2.75) is 18.6 Å². The van der Waals surface area contributed by atoms with Gasteiger partial charge in [-0.05, 0) is 6.07 Å². The normalized spacial score (nSPS) is 14.5. The van der Waals surface area contributed by atoms with E-state index >= 15 is 0 Å². The highest BCUT2D eigenvalue weighted by Crippen LogP contribution is 2.23. The molecule has 0 heterocycles. The zero-order chi connectivity index (χ0) is 11.4. The lowest BCUT2D eigenvalue weighted by atomic mass is 10.0. The van der Waals surface area contributed by atoms with E-state index in [9.17, 15) is 9.90 Å². The molecule has 0 amide bonds. The molecule has 82 valence electrons. The van der Waals surface area contributed by atoms with Crippen LogP contribution in [-0.4, -0.2) is 22.2 Å². The molecule has 1 rings (SSSR count). The molecular weight excluding hydrogens is 196 g/mol. The largest absolute Gasteiger partial charge is 0.480 e. The fourth-order valence-corrected chi connectivity index (χ4v) is 1.28. The maximum Gasteiger partial charge on any atom is 0.320 e. The lowest BCUT2D eigenvalue weighted by Crippen LogP contribution is -2.31. The Labute approximate surface area is 87.3 Å². The van der Waals surface area contributed by atoms with E-state index in [4.69, 9.17) is 16.6 Å². The maximum absolute atomic E-state index is 10.5. The van der Waals surface area contributed by atoms with Crippen LogP contribution in [0, 0.1) is 0 Å². The molecule has 0 saturated carbocycles. The zero-order valence-electron chi connectivity index (χ0n) is 8.13. The van der Waals surface area contributed by atoms with Crippen molar-refractivity contribution in [1.29, 1.82) is 0 Å². The predicted octanol–water partition coefficient (Wildman–Crippen LogP) is 0.104. The molecule has 0 aliphatic heterocycles. The summed E-state index contributed by atoms with van der Waals surface area (Å²) < 4.78 is 0. The van der Waals surface area contributed by atoms with Crippen molar-refractivity contribution in [2.75, 3.05) is 5.73 Å². The van der Waals surface area contributed by atoms with Gasteiger partial charge in [0.2, 0.25) is 0 Å². The van der Waals surface area contributed by atoms with Crippen LogP contribution in [0.25, 0.3) is 0 Å². The average molecular weight is 210 g/mol. The molecule has 0 radical (unpaired) electrons. The molecule has 0 aliphatic rings. The first-order valence-electron chi connectivity index (χ1n) is 4.53. The molecule has 1 aromatic rings. The van der Waals surface area contributed by atoms with Crippen LogP contribution in [0.15, 0.2) is 24.3 Å². The summed E-state index contributed by atoms with van der Waals surface area (Å²) in [7, 11) is 0. The summed E-state index contributed by atoms with van der Waals surface area (Å²) in [5.74, 6) is -1.14. The fraction of sp³-hybridized carbons (Fsp3) is 0.300. The number of hydrogen-bond acceptors (Lipinski definition) is 4. The molecule has 2 atom stereocenters. The molecule has 15 heavy (non-hydrogen) atoms. The first kappa shape index (κ1) is 11.5. The first-order valence-corrected chi connectivity index (χ1v) is 4.53. The standard InChI is InChI=1S/C10H14N2O3/c11-7-4-2-1-3-6(7)9(13)5-8(12)10(14)15/h1-4,8-9,13H,5,11-12H2,(H,14,15). The van der Waals surface area contributed by atoms with Gasteiger partial charge in [0.25, 0.3) is 0 Å². The Morgan fingerprint density at radius 1 is 1.40 bits per heavy atom. The predicted molar refractivity (Wildman–Crippen MR) is 56.0 cm³/mol. The zero-order valence-corrected chi connectivity index (χ0v) is 8.13. The third kappa shape index (κ3) is 2.93. The van der Waals surface area contributed by atoms with Gasteiger partial charge in [-0.3, -0.25) is 4.79 Å². The molecule has 1 aromatic carbocycles. The number of carboxylic acids is 1. The molecule has 2 unspecified atom stereocenters. The summed E-state index contributed by atoms with van der Waals surface area (Å²) in [5.41, 5.74) is 11.9. The second-order valence-corrected chi connectivity index (χ2v) is 3.33. The van der Waals surface area contributed by atoms with Crippen LogP contribution in [0.1, 0.15) is 18.1 Å². The van der Waals surface area contributed by atoms with Gasteiger partial charge in [0.05, 0.1) is 6.10 Å². The van der Waals surface area contributed by atoms with Gasteiger partial charge in [0.15, 0.2) is 0 Å². The summed E-state index contributed by atoms with van der Waals surface area (Å²) in [5, 5.41) is 18.3. The van der Waals surface area contributed by atoms with Crippen molar-refractivity contribution in [2.24, 2.45) is 5.73 Å². The van der Waals surface area contributed by atoms with Crippen LogP contribution in [0.2, 0.25) is 0 Å². The second kappa shape index (κ2) is 4.77. The van der Waals surface area contributed by atoms with Gasteiger partial charge in [-0.1, -0.05) is 18.2 Å². The van der Waals surface area contributed by atoms with E-state index in [1.165, 1.54) is 0 Å². The van der Waals surface area contributed by atoms with E-state index in [1.54, 1.807) is 24.3 Å². The Kier molecular flexibility index (Phi) is 3.65. The molecule has 5 nitrogen and oxygen atoms in total. The van der Waals surface area contributed by atoms with Gasteiger partial charge in [-0.15, -0.1) is 0 Å². The quantitative estimate of drug-likeness (QED) is 0.527. The lowest BCUT2D eigenvalue weighted by molar-refractivity contribution is -0.139. The number of aliphatic hydroxyl groups is 1. The van der Waals surface area contributed by atoms with E-state index in [0.717, 1.165) is 0 Å². The van der Waals surface area contributed by atoms with E-state index in [-0.39, 0.29) is 6.42 Å². The van der Waals surface area contributed by atoms with Crippen LogP contribution in [0.3, 0.4) is 0 Å². The summed E-state index contributed by atoms with van der Waals surface area (Å²) in [6.45, 7) is 0. The highest BCUT2D eigenvalue weighted by Gasteiger charge is 2.19. The Balaban J connectivity index is 2.73. The summed E-state index contributed by atoms with van der Waals surface area (Å²) in [6.07, 6.45) is -0.999. The average Bonchev–Trinajstić information content (AvgIpc) is 2.18. The molecule has 0 saturated heterocycles. The van der Waals surface area contributed by atoms with Crippen molar-refractivity contribution >= 4 is 11.7 Å². The van der Waals surface area contributed by atoms with Crippen molar-refractivity contribution < 1.29 is 15.0 Å². The summed E-state index contributed by atoms with van der Waals surface area (Å²) in [6, 6.07) is 5.67. The Hall–Kier alpha value is -1.59. The minimum Gasteiger partial charge on any atom is -0.480 e.